The standard InChI is InChI=1S/C24H24N2O3S/c1-26(24(27)21-16-30-23-20(21)11-6-12-22(23)25-28)14-13-17-7-5-10-19(15-17)29-18-8-3-2-4-9-18/h2-5,7-10,15-16,22H,6,11-14H2,1H3. The molecule has 0 fully saturated rings. The van der Waals surface area contributed by atoms with Gasteiger partial charge in [0, 0.05) is 23.8 Å². The fraction of sp³-hybridized carbons (Fsp3) is 0.292. The molecule has 3 aromatic rings. The molecule has 0 saturated heterocycles. The van der Waals surface area contributed by atoms with Gasteiger partial charge in [0.05, 0.1) is 5.56 Å². The molecule has 1 atom stereocenters. The molecular formula is C24H24N2O3S. The number of nitrogens with zero attached hydrogens (tertiary/aromatic N) is 2. The molecule has 154 valence electrons. The highest BCUT2D eigenvalue weighted by Crippen LogP contribution is 2.39. The Labute approximate surface area is 180 Å². The van der Waals surface area contributed by atoms with Crippen molar-refractivity contribution in [2.45, 2.75) is 31.7 Å². The van der Waals surface area contributed by atoms with Crippen LogP contribution in [0.15, 0.2) is 65.2 Å². The van der Waals surface area contributed by atoms with E-state index in [0.717, 1.165) is 58.7 Å². The predicted molar refractivity (Wildman–Crippen MR) is 119 cm³/mol. The van der Waals surface area contributed by atoms with Gasteiger partial charge in [0.25, 0.3) is 5.91 Å². The minimum atomic E-state index is -0.294. The molecule has 1 amide bonds. The Morgan fingerprint density at radius 2 is 1.97 bits per heavy atom. The van der Waals surface area contributed by atoms with Crippen molar-refractivity contribution < 1.29 is 9.53 Å². The zero-order chi connectivity index (χ0) is 20.9. The third-order valence-corrected chi connectivity index (χ3v) is 6.58. The monoisotopic (exact) mass is 420 g/mol. The Hall–Kier alpha value is -2.99. The zero-order valence-electron chi connectivity index (χ0n) is 16.9. The summed E-state index contributed by atoms with van der Waals surface area (Å²) < 4.78 is 5.90. The molecule has 0 aliphatic heterocycles. The van der Waals surface area contributed by atoms with Crippen LogP contribution in [0.3, 0.4) is 0 Å². The molecule has 1 aliphatic rings. The van der Waals surface area contributed by atoms with Crippen molar-refractivity contribution in [3.8, 4) is 11.5 Å². The number of thiophene rings is 1. The minimum Gasteiger partial charge on any atom is -0.457 e. The van der Waals surface area contributed by atoms with Crippen LogP contribution in [0.2, 0.25) is 0 Å². The third-order valence-electron chi connectivity index (χ3n) is 5.45. The molecule has 1 aromatic heterocycles. The maximum Gasteiger partial charge on any atom is 0.254 e. The maximum absolute atomic E-state index is 13.0. The minimum absolute atomic E-state index is 0.00994. The van der Waals surface area contributed by atoms with Crippen LogP contribution in [0.1, 0.15) is 45.2 Å². The average molecular weight is 421 g/mol. The van der Waals surface area contributed by atoms with Gasteiger partial charge in [-0.15, -0.1) is 11.3 Å². The van der Waals surface area contributed by atoms with Crippen molar-refractivity contribution in [2.75, 3.05) is 13.6 Å². The van der Waals surface area contributed by atoms with E-state index in [2.05, 4.69) is 5.18 Å². The van der Waals surface area contributed by atoms with Gasteiger partial charge < -0.3 is 9.64 Å². The molecule has 2 aromatic carbocycles. The van der Waals surface area contributed by atoms with Crippen LogP contribution < -0.4 is 4.74 Å². The molecular weight excluding hydrogens is 396 g/mol. The van der Waals surface area contributed by atoms with E-state index < -0.39 is 0 Å². The summed E-state index contributed by atoms with van der Waals surface area (Å²) in [6, 6.07) is 17.3. The predicted octanol–water partition coefficient (Wildman–Crippen LogP) is 6.00. The smallest absolute Gasteiger partial charge is 0.254 e. The number of hydrogen-bond acceptors (Lipinski definition) is 5. The molecule has 0 radical (unpaired) electrons. The topological polar surface area (TPSA) is 59.0 Å². The van der Waals surface area contributed by atoms with Crippen LogP contribution in [-0.2, 0) is 12.8 Å². The second kappa shape index (κ2) is 9.22. The Morgan fingerprint density at radius 3 is 2.77 bits per heavy atom. The second-order valence-corrected chi connectivity index (χ2v) is 8.46. The quantitative estimate of drug-likeness (QED) is 0.441. The van der Waals surface area contributed by atoms with E-state index in [1.165, 1.54) is 11.3 Å². The highest BCUT2D eigenvalue weighted by atomic mass is 32.1. The number of carbonyl (C=O) groups is 1. The van der Waals surface area contributed by atoms with Crippen LogP contribution in [0.5, 0.6) is 11.5 Å². The van der Waals surface area contributed by atoms with Crippen molar-refractivity contribution in [1.82, 2.24) is 4.90 Å². The third kappa shape index (κ3) is 4.44. The van der Waals surface area contributed by atoms with Crippen molar-refractivity contribution in [1.29, 1.82) is 0 Å². The fourth-order valence-electron chi connectivity index (χ4n) is 3.81. The largest absolute Gasteiger partial charge is 0.457 e. The molecule has 4 rings (SSSR count). The second-order valence-electron chi connectivity index (χ2n) is 7.54. The van der Waals surface area contributed by atoms with Crippen LogP contribution in [0, 0.1) is 4.91 Å². The molecule has 30 heavy (non-hydrogen) atoms. The normalized spacial score (nSPS) is 15.3. The summed E-state index contributed by atoms with van der Waals surface area (Å²) in [4.78, 5) is 26.8. The Bertz CT molecular complexity index is 1030. The van der Waals surface area contributed by atoms with Crippen molar-refractivity contribution in [2.24, 2.45) is 5.18 Å². The number of rotatable bonds is 7. The lowest BCUT2D eigenvalue weighted by Gasteiger charge is -2.20. The van der Waals surface area contributed by atoms with Gasteiger partial charge in [0.15, 0.2) is 0 Å². The lowest BCUT2D eigenvalue weighted by molar-refractivity contribution is 0.0796. The Morgan fingerprint density at radius 1 is 1.17 bits per heavy atom. The number of hydrogen-bond donors (Lipinski definition) is 0. The first-order valence-corrected chi connectivity index (χ1v) is 11.0. The lowest BCUT2D eigenvalue weighted by atomic mass is 9.92. The van der Waals surface area contributed by atoms with Gasteiger partial charge in [-0.2, -0.15) is 4.91 Å². The summed E-state index contributed by atoms with van der Waals surface area (Å²) in [5.41, 5.74) is 2.86. The van der Waals surface area contributed by atoms with Gasteiger partial charge in [-0.25, -0.2) is 0 Å². The molecule has 0 saturated carbocycles. The number of carbonyl (C=O) groups excluding carboxylic acids is 1. The van der Waals surface area contributed by atoms with Gasteiger partial charge >= 0.3 is 0 Å². The van der Waals surface area contributed by atoms with E-state index >= 15 is 0 Å². The number of para-hydroxylation sites is 1. The van der Waals surface area contributed by atoms with Gasteiger partial charge in [-0.1, -0.05) is 35.5 Å². The summed E-state index contributed by atoms with van der Waals surface area (Å²) in [6.07, 6.45) is 3.26. The van der Waals surface area contributed by atoms with Gasteiger partial charge in [-0.05, 0) is 61.1 Å². The maximum atomic E-state index is 13.0. The number of likely N-dealkylation sites (N-methyl/N-ethyl adjacent to an activating group) is 1. The molecule has 5 nitrogen and oxygen atoms in total. The number of amides is 1. The van der Waals surface area contributed by atoms with Crippen LogP contribution in [0.4, 0.5) is 0 Å². The van der Waals surface area contributed by atoms with Crippen molar-refractivity contribution >= 4 is 17.2 Å². The van der Waals surface area contributed by atoms with E-state index in [0.29, 0.717) is 6.54 Å². The van der Waals surface area contributed by atoms with E-state index in [-0.39, 0.29) is 11.9 Å². The summed E-state index contributed by atoms with van der Waals surface area (Å²) in [5, 5.41) is 5.13. The summed E-state index contributed by atoms with van der Waals surface area (Å²) in [7, 11) is 1.83. The molecule has 1 unspecified atom stereocenters. The highest BCUT2D eigenvalue weighted by molar-refractivity contribution is 7.10. The molecule has 6 heteroatoms. The first-order valence-electron chi connectivity index (χ1n) is 10.2. The SMILES string of the molecule is CN(CCc1cccc(Oc2ccccc2)c1)C(=O)c1csc2c1CCCC2N=O. The van der Waals surface area contributed by atoms with Crippen LogP contribution in [0.25, 0.3) is 0 Å². The first-order chi connectivity index (χ1) is 14.7. The van der Waals surface area contributed by atoms with Crippen molar-refractivity contribution in [3.63, 3.8) is 0 Å². The summed E-state index contributed by atoms with van der Waals surface area (Å²) in [5.74, 6) is 1.59. The summed E-state index contributed by atoms with van der Waals surface area (Å²) in [6.45, 7) is 0.605. The molecule has 1 aliphatic carbocycles. The van der Waals surface area contributed by atoms with E-state index in [9.17, 15) is 9.70 Å². The number of benzene rings is 2. The number of nitroso groups, excluding NO2 is 1. The van der Waals surface area contributed by atoms with E-state index in [1.54, 1.807) is 4.90 Å². The fourth-order valence-corrected chi connectivity index (χ4v) is 4.97. The average Bonchev–Trinajstić information content (AvgIpc) is 3.22. The number of ether oxygens (including phenoxy) is 1. The van der Waals surface area contributed by atoms with E-state index in [1.807, 2.05) is 67.0 Å². The highest BCUT2D eigenvalue weighted by Gasteiger charge is 2.28. The van der Waals surface area contributed by atoms with E-state index in [4.69, 9.17) is 4.74 Å². The zero-order valence-corrected chi connectivity index (χ0v) is 17.7. The first kappa shape index (κ1) is 20.3. The number of fused-ring (bicyclic) bond motifs is 1. The molecule has 0 N–H and O–H groups in total. The lowest BCUT2D eigenvalue weighted by Crippen LogP contribution is -2.29. The van der Waals surface area contributed by atoms with Gasteiger partial charge in [0.1, 0.15) is 17.5 Å². The van der Waals surface area contributed by atoms with Gasteiger partial charge in [0.2, 0.25) is 0 Å². The summed E-state index contributed by atoms with van der Waals surface area (Å²) >= 11 is 1.49. The van der Waals surface area contributed by atoms with Crippen LogP contribution >= 0.6 is 11.3 Å². The Kier molecular flexibility index (Phi) is 6.23. The van der Waals surface area contributed by atoms with Crippen molar-refractivity contribution in [3.05, 3.63) is 86.5 Å². The molecule has 1 heterocycles. The molecule has 0 spiro atoms. The Balaban J connectivity index is 1.40. The van der Waals surface area contributed by atoms with Gasteiger partial charge in [-0.3, -0.25) is 4.79 Å². The molecule has 0 bridgehead atoms. The van der Waals surface area contributed by atoms with Crippen LogP contribution in [-0.4, -0.2) is 24.4 Å².